The van der Waals surface area contributed by atoms with Gasteiger partial charge in [0.1, 0.15) is 0 Å². The van der Waals surface area contributed by atoms with E-state index < -0.39 is 0 Å². The third-order valence-corrected chi connectivity index (χ3v) is 3.24. The van der Waals surface area contributed by atoms with E-state index in [1.165, 1.54) is 25.7 Å². The van der Waals surface area contributed by atoms with Gasteiger partial charge in [-0.05, 0) is 31.0 Å². The molecule has 0 amide bonds. The van der Waals surface area contributed by atoms with E-state index in [1.807, 2.05) is 12.1 Å². The smallest absolute Gasteiger partial charge is 0.247 e. The van der Waals surface area contributed by atoms with Crippen LogP contribution >= 0.6 is 0 Å². The summed E-state index contributed by atoms with van der Waals surface area (Å²) >= 11 is 0. The number of unbranched alkanes of at least 4 members (excludes halogenated alkanes) is 1. The Bertz CT molecular complexity index is 482. The van der Waals surface area contributed by atoms with Crippen LogP contribution in [-0.2, 0) is 0 Å². The molecule has 1 heterocycles. The average molecular weight is 259 g/mol. The Labute approximate surface area is 114 Å². The monoisotopic (exact) mass is 259 g/mol. The molecule has 1 aromatic carbocycles. The lowest BCUT2D eigenvalue weighted by Crippen LogP contribution is -2.18. The molecule has 4 heteroatoms. The summed E-state index contributed by atoms with van der Waals surface area (Å²) < 4.78 is 5.22. The van der Waals surface area contributed by atoms with Crippen LogP contribution in [-0.4, -0.2) is 16.2 Å². The summed E-state index contributed by atoms with van der Waals surface area (Å²) in [7, 11) is 0. The minimum atomic E-state index is 0.526. The first-order valence-corrected chi connectivity index (χ1v) is 6.96. The van der Waals surface area contributed by atoms with Crippen LogP contribution in [0.3, 0.4) is 0 Å². The molecule has 0 spiro atoms. The summed E-state index contributed by atoms with van der Waals surface area (Å²) in [5.74, 6) is 0.560. The van der Waals surface area contributed by atoms with Gasteiger partial charge in [-0.2, -0.15) is 0 Å². The molecule has 0 saturated heterocycles. The van der Waals surface area contributed by atoms with Crippen molar-refractivity contribution >= 4 is 5.69 Å². The van der Waals surface area contributed by atoms with Crippen molar-refractivity contribution in [3.8, 4) is 11.5 Å². The molecule has 0 aliphatic carbocycles. The Hall–Kier alpha value is -1.84. The Morgan fingerprint density at radius 3 is 2.89 bits per heavy atom. The predicted octanol–water partition coefficient (Wildman–Crippen LogP) is 4.12. The lowest BCUT2D eigenvalue weighted by molar-refractivity contribution is 0.568. The molecule has 4 nitrogen and oxygen atoms in total. The van der Waals surface area contributed by atoms with Crippen LogP contribution < -0.4 is 5.32 Å². The maximum atomic E-state index is 5.22. The van der Waals surface area contributed by atoms with Crippen molar-refractivity contribution in [1.29, 1.82) is 0 Å². The summed E-state index contributed by atoms with van der Waals surface area (Å²) in [6, 6.07) is 8.65. The van der Waals surface area contributed by atoms with Gasteiger partial charge in [0.25, 0.3) is 0 Å². The standard InChI is InChI=1S/C15H21N3O/c1-3-5-8-13(4-2)17-14-9-6-7-12(10-14)15-18-16-11-19-15/h6-7,9-11,13,17H,3-5,8H2,1-2H3. The normalized spacial score (nSPS) is 12.3. The number of anilines is 1. The zero-order valence-electron chi connectivity index (χ0n) is 11.6. The van der Waals surface area contributed by atoms with Gasteiger partial charge in [-0.15, -0.1) is 10.2 Å². The topological polar surface area (TPSA) is 51.0 Å². The molecule has 1 unspecified atom stereocenters. The van der Waals surface area contributed by atoms with Crippen molar-refractivity contribution in [3.63, 3.8) is 0 Å². The molecule has 1 N–H and O–H groups in total. The van der Waals surface area contributed by atoms with Crippen LogP contribution in [0.1, 0.15) is 39.5 Å². The van der Waals surface area contributed by atoms with E-state index in [9.17, 15) is 0 Å². The van der Waals surface area contributed by atoms with E-state index in [0.717, 1.165) is 17.7 Å². The van der Waals surface area contributed by atoms with Gasteiger partial charge >= 0.3 is 0 Å². The van der Waals surface area contributed by atoms with Gasteiger partial charge in [0.05, 0.1) is 0 Å². The highest BCUT2D eigenvalue weighted by atomic mass is 16.4. The van der Waals surface area contributed by atoms with Crippen LogP contribution in [0.4, 0.5) is 5.69 Å². The molecule has 1 aromatic heterocycles. The Morgan fingerprint density at radius 1 is 1.32 bits per heavy atom. The zero-order valence-corrected chi connectivity index (χ0v) is 11.6. The first-order valence-electron chi connectivity index (χ1n) is 6.96. The lowest BCUT2D eigenvalue weighted by atomic mass is 10.1. The van der Waals surface area contributed by atoms with E-state index in [1.54, 1.807) is 0 Å². The van der Waals surface area contributed by atoms with E-state index in [0.29, 0.717) is 11.9 Å². The van der Waals surface area contributed by atoms with Crippen LogP contribution in [0.25, 0.3) is 11.5 Å². The largest absolute Gasteiger partial charge is 0.423 e. The first-order chi connectivity index (χ1) is 9.33. The highest BCUT2D eigenvalue weighted by molar-refractivity contribution is 5.61. The summed E-state index contributed by atoms with van der Waals surface area (Å²) in [6.45, 7) is 4.44. The first kappa shape index (κ1) is 13.6. The average Bonchev–Trinajstić information content (AvgIpc) is 2.98. The third-order valence-electron chi connectivity index (χ3n) is 3.24. The molecule has 2 aromatic rings. The van der Waals surface area contributed by atoms with E-state index in [4.69, 9.17) is 4.42 Å². The molecular weight excluding hydrogens is 238 g/mol. The predicted molar refractivity (Wildman–Crippen MR) is 77.0 cm³/mol. The fourth-order valence-electron chi connectivity index (χ4n) is 2.11. The van der Waals surface area contributed by atoms with Crippen molar-refractivity contribution in [2.45, 2.75) is 45.6 Å². The van der Waals surface area contributed by atoms with Crippen molar-refractivity contribution in [1.82, 2.24) is 10.2 Å². The van der Waals surface area contributed by atoms with E-state index >= 15 is 0 Å². The molecular formula is C15H21N3O. The lowest BCUT2D eigenvalue weighted by Gasteiger charge is -2.18. The second kappa shape index (κ2) is 6.92. The van der Waals surface area contributed by atoms with Gasteiger partial charge in [0, 0.05) is 17.3 Å². The summed E-state index contributed by atoms with van der Waals surface area (Å²) in [5, 5.41) is 11.2. The fraction of sp³-hybridized carbons (Fsp3) is 0.467. The van der Waals surface area contributed by atoms with Crippen molar-refractivity contribution in [2.75, 3.05) is 5.32 Å². The van der Waals surface area contributed by atoms with Gasteiger partial charge in [-0.25, -0.2) is 0 Å². The fourth-order valence-corrected chi connectivity index (χ4v) is 2.11. The molecule has 0 radical (unpaired) electrons. The molecule has 0 saturated carbocycles. The van der Waals surface area contributed by atoms with Gasteiger partial charge in [0.15, 0.2) is 0 Å². The third kappa shape index (κ3) is 3.81. The summed E-state index contributed by atoms with van der Waals surface area (Å²) in [6.07, 6.45) is 6.18. The number of benzene rings is 1. The zero-order chi connectivity index (χ0) is 13.5. The highest BCUT2D eigenvalue weighted by Gasteiger charge is 2.08. The van der Waals surface area contributed by atoms with Crippen molar-refractivity contribution in [2.24, 2.45) is 0 Å². The number of nitrogens with one attached hydrogen (secondary N) is 1. The van der Waals surface area contributed by atoms with Crippen LogP contribution in [0, 0.1) is 0 Å². The van der Waals surface area contributed by atoms with Gasteiger partial charge in [-0.3, -0.25) is 0 Å². The number of aromatic nitrogens is 2. The van der Waals surface area contributed by atoms with E-state index in [-0.39, 0.29) is 0 Å². The minimum absolute atomic E-state index is 0.526. The number of hydrogen-bond donors (Lipinski definition) is 1. The molecule has 19 heavy (non-hydrogen) atoms. The quantitative estimate of drug-likeness (QED) is 0.812. The minimum Gasteiger partial charge on any atom is -0.423 e. The van der Waals surface area contributed by atoms with Crippen molar-refractivity contribution < 1.29 is 4.42 Å². The maximum absolute atomic E-state index is 5.22. The molecule has 0 bridgehead atoms. The second-order valence-corrected chi connectivity index (χ2v) is 4.72. The Morgan fingerprint density at radius 2 is 2.21 bits per heavy atom. The van der Waals surface area contributed by atoms with Crippen LogP contribution in [0.2, 0.25) is 0 Å². The SMILES string of the molecule is CCCCC(CC)Nc1cccc(-c2nnco2)c1. The van der Waals surface area contributed by atoms with Gasteiger partial charge < -0.3 is 9.73 Å². The molecule has 0 aliphatic rings. The number of nitrogens with zero attached hydrogens (tertiary/aromatic N) is 2. The highest BCUT2D eigenvalue weighted by Crippen LogP contribution is 2.21. The molecule has 102 valence electrons. The summed E-state index contributed by atoms with van der Waals surface area (Å²) in [5.41, 5.74) is 2.06. The Balaban J connectivity index is 2.06. The van der Waals surface area contributed by atoms with Gasteiger partial charge in [0.2, 0.25) is 12.3 Å². The van der Waals surface area contributed by atoms with Crippen LogP contribution in [0.15, 0.2) is 35.1 Å². The van der Waals surface area contributed by atoms with Crippen molar-refractivity contribution in [3.05, 3.63) is 30.7 Å². The second-order valence-electron chi connectivity index (χ2n) is 4.72. The van der Waals surface area contributed by atoms with Crippen LogP contribution in [0.5, 0.6) is 0 Å². The number of hydrogen-bond acceptors (Lipinski definition) is 4. The molecule has 1 atom stereocenters. The molecule has 0 aliphatic heterocycles. The van der Waals surface area contributed by atoms with Gasteiger partial charge in [-0.1, -0.05) is 32.8 Å². The Kier molecular flexibility index (Phi) is 4.95. The molecule has 0 fully saturated rings. The summed E-state index contributed by atoms with van der Waals surface area (Å²) in [4.78, 5) is 0. The van der Waals surface area contributed by atoms with E-state index in [2.05, 4.69) is 41.5 Å². The molecule has 2 rings (SSSR count). The maximum Gasteiger partial charge on any atom is 0.247 e. The number of rotatable bonds is 7.